The first kappa shape index (κ1) is 21.6. The van der Waals surface area contributed by atoms with Crippen molar-refractivity contribution < 1.29 is 19.1 Å². The van der Waals surface area contributed by atoms with Crippen LogP contribution in [0.2, 0.25) is 0 Å². The van der Waals surface area contributed by atoms with Crippen LogP contribution in [-0.4, -0.2) is 30.4 Å². The molecule has 0 spiro atoms. The highest BCUT2D eigenvalue weighted by molar-refractivity contribution is 5.68. The molecule has 0 radical (unpaired) electrons. The summed E-state index contributed by atoms with van der Waals surface area (Å²) in [7, 11) is 0. The van der Waals surface area contributed by atoms with E-state index in [1.807, 2.05) is 39.8 Å². The summed E-state index contributed by atoms with van der Waals surface area (Å²) in [5.74, 6) is 0. The molecule has 1 unspecified atom stereocenters. The first-order valence-corrected chi connectivity index (χ1v) is 8.90. The molecule has 0 aliphatic heterocycles. The third kappa shape index (κ3) is 10.4. The molecule has 7 nitrogen and oxygen atoms in total. The Morgan fingerprint density at radius 3 is 2.38 bits per heavy atom. The standard InChI is InChI=1S/C19H31N3O4/c1-14(22-18(24)26-19(2,3)4)7-5-6-12-21-17(23)25-13-15-8-10-16(20)11-9-15/h8-11,14H,5-7,12-13,20H2,1-4H3,(H,21,23)(H,22,24). The number of nitrogens with two attached hydrogens (primary N) is 1. The van der Waals surface area contributed by atoms with Crippen molar-refractivity contribution in [2.45, 2.75) is 65.2 Å². The highest BCUT2D eigenvalue weighted by Crippen LogP contribution is 2.08. The van der Waals surface area contributed by atoms with Gasteiger partial charge in [-0.05, 0) is 64.7 Å². The van der Waals surface area contributed by atoms with Crippen LogP contribution in [0.3, 0.4) is 0 Å². The molecular weight excluding hydrogens is 334 g/mol. The number of nitrogen functional groups attached to an aromatic ring is 1. The van der Waals surface area contributed by atoms with Gasteiger partial charge in [-0.25, -0.2) is 9.59 Å². The first-order valence-electron chi connectivity index (χ1n) is 8.90. The molecule has 0 bridgehead atoms. The molecule has 146 valence electrons. The van der Waals surface area contributed by atoms with Gasteiger partial charge >= 0.3 is 12.2 Å². The lowest BCUT2D eigenvalue weighted by Gasteiger charge is -2.21. The second-order valence-electron chi connectivity index (χ2n) is 7.29. The molecule has 0 aromatic heterocycles. The fraction of sp³-hybridized carbons (Fsp3) is 0.579. The highest BCUT2D eigenvalue weighted by Gasteiger charge is 2.17. The fourth-order valence-corrected chi connectivity index (χ4v) is 2.16. The van der Waals surface area contributed by atoms with Crippen molar-refractivity contribution in [2.24, 2.45) is 0 Å². The molecule has 0 aliphatic rings. The van der Waals surface area contributed by atoms with Crippen LogP contribution >= 0.6 is 0 Å². The van der Waals surface area contributed by atoms with Gasteiger partial charge in [0.25, 0.3) is 0 Å². The summed E-state index contributed by atoms with van der Waals surface area (Å²) in [5, 5.41) is 5.51. The van der Waals surface area contributed by atoms with E-state index in [9.17, 15) is 9.59 Å². The van der Waals surface area contributed by atoms with Crippen LogP contribution in [0.5, 0.6) is 0 Å². The van der Waals surface area contributed by atoms with Crippen molar-refractivity contribution in [1.82, 2.24) is 10.6 Å². The minimum atomic E-state index is -0.500. The Hall–Kier alpha value is -2.44. The lowest BCUT2D eigenvalue weighted by atomic mass is 10.1. The highest BCUT2D eigenvalue weighted by atomic mass is 16.6. The molecule has 4 N–H and O–H groups in total. The molecule has 1 aromatic rings. The number of benzene rings is 1. The molecule has 0 heterocycles. The third-order valence-corrected chi connectivity index (χ3v) is 3.45. The Kier molecular flexibility index (Phi) is 8.75. The van der Waals surface area contributed by atoms with Crippen LogP contribution in [0.25, 0.3) is 0 Å². The third-order valence-electron chi connectivity index (χ3n) is 3.45. The number of ether oxygens (including phenoxy) is 2. The zero-order valence-corrected chi connectivity index (χ0v) is 16.1. The van der Waals surface area contributed by atoms with E-state index < -0.39 is 17.8 Å². The zero-order valence-electron chi connectivity index (χ0n) is 16.1. The van der Waals surface area contributed by atoms with Crippen LogP contribution in [0.1, 0.15) is 52.5 Å². The lowest BCUT2D eigenvalue weighted by Crippen LogP contribution is -2.37. The average Bonchev–Trinajstić information content (AvgIpc) is 2.52. The predicted molar refractivity (Wildman–Crippen MR) is 102 cm³/mol. The summed E-state index contributed by atoms with van der Waals surface area (Å²) in [6.07, 6.45) is 1.63. The van der Waals surface area contributed by atoms with Crippen LogP contribution in [0.4, 0.5) is 15.3 Å². The minimum absolute atomic E-state index is 0.0160. The van der Waals surface area contributed by atoms with E-state index in [0.717, 1.165) is 24.8 Å². The molecule has 1 aromatic carbocycles. The van der Waals surface area contributed by atoms with Crippen molar-refractivity contribution in [3.63, 3.8) is 0 Å². The largest absolute Gasteiger partial charge is 0.445 e. The Morgan fingerprint density at radius 2 is 1.77 bits per heavy atom. The molecule has 0 fully saturated rings. The number of rotatable bonds is 8. The molecule has 1 rings (SSSR count). The van der Waals surface area contributed by atoms with E-state index in [4.69, 9.17) is 15.2 Å². The van der Waals surface area contributed by atoms with E-state index in [1.54, 1.807) is 12.1 Å². The molecular formula is C19H31N3O4. The number of carbonyl (C=O) groups is 2. The normalized spacial score (nSPS) is 12.2. The summed E-state index contributed by atoms with van der Waals surface area (Å²) in [6, 6.07) is 7.19. The Bertz CT molecular complexity index is 567. The SMILES string of the molecule is CC(CCCCNC(=O)OCc1ccc(N)cc1)NC(=O)OC(C)(C)C. The smallest absolute Gasteiger partial charge is 0.407 e. The maximum absolute atomic E-state index is 11.6. The maximum atomic E-state index is 11.6. The number of nitrogens with one attached hydrogen (secondary N) is 2. The predicted octanol–water partition coefficient (Wildman–Crippen LogP) is 3.58. The van der Waals surface area contributed by atoms with Crippen molar-refractivity contribution in [3.05, 3.63) is 29.8 Å². The number of carbonyl (C=O) groups excluding carboxylic acids is 2. The van der Waals surface area contributed by atoms with E-state index in [-0.39, 0.29) is 12.6 Å². The van der Waals surface area contributed by atoms with Gasteiger partial charge in [0.1, 0.15) is 12.2 Å². The Morgan fingerprint density at radius 1 is 1.12 bits per heavy atom. The van der Waals surface area contributed by atoms with Crippen molar-refractivity contribution in [1.29, 1.82) is 0 Å². The molecule has 1 atom stereocenters. The molecule has 0 aliphatic carbocycles. The van der Waals surface area contributed by atoms with Gasteiger partial charge in [-0.15, -0.1) is 0 Å². The van der Waals surface area contributed by atoms with Gasteiger partial charge in [0.15, 0.2) is 0 Å². The maximum Gasteiger partial charge on any atom is 0.407 e. The summed E-state index contributed by atoms with van der Waals surface area (Å²) in [5.41, 5.74) is 6.66. The summed E-state index contributed by atoms with van der Waals surface area (Å²) >= 11 is 0. The quantitative estimate of drug-likeness (QED) is 0.483. The second kappa shape index (κ2) is 10.5. The Labute approximate surface area is 155 Å². The van der Waals surface area contributed by atoms with Crippen molar-refractivity contribution in [3.8, 4) is 0 Å². The van der Waals surface area contributed by atoms with Crippen molar-refractivity contribution in [2.75, 3.05) is 12.3 Å². The van der Waals surface area contributed by atoms with Crippen LogP contribution in [-0.2, 0) is 16.1 Å². The van der Waals surface area contributed by atoms with Crippen molar-refractivity contribution >= 4 is 17.9 Å². The molecule has 0 saturated carbocycles. The summed E-state index contributed by atoms with van der Waals surface area (Å²) in [4.78, 5) is 23.3. The van der Waals surface area contributed by atoms with E-state index in [0.29, 0.717) is 12.2 Å². The molecule has 7 heteroatoms. The number of amides is 2. The average molecular weight is 365 g/mol. The summed E-state index contributed by atoms with van der Waals surface area (Å²) in [6.45, 7) is 8.15. The van der Waals surface area contributed by atoms with Crippen LogP contribution in [0, 0.1) is 0 Å². The number of alkyl carbamates (subject to hydrolysis) is 2. The van der Waals surface area contributed by atoms with E-state index >= 15 is 0 Å². The van der Waals surface area contributed by atoms with Gasteiger partial charge < -0.3 is 25.8 Å². The first-order chi connectivity index (χ1) is 12.2. The van der Waals surface area contributed by atoms with E-state index in [2.05, 4.69) is 10.6 Å². The number of hydrogen-bond donors (Lipinski definition) is 3. The number of anilines is 1. The Balaban J connectivity index is 2.07. The molecule has 2 amide bonds. The van der Waals surface area contributed by atoms with Gasteiger partial charge in [0.05, 0.1) is 0 Å². The van der Waals surface area contributed by atoms with Gasteiger partial charge in [-0.3, -0.25) is 0 Å². The molecule has 26 heavy (non-hydrogen) atoms. The van der Waals surface area contributed by atoms with Gasteiger partial charge in [-0.1, -0.05) is 12.1 Å². The zero-order chi connectivity index (χ0) is 19.6. The van der Waals surface area contributed by atoms with Gasteiger partial charge in [0.2, 0.25) is 0 Å². The lowest BCUT2D eigenvalue weighted by molar-refractivity contribution is 0.0506. The topological polar surface area (TPSA) is 103 Å². The van der Waals surface area contributed by atoms with Crippen LogP contribution < -0.4 is 16.4 Å². The molecule has 0 saturated heterocycles. The summed E-state index contributed by atoms with van der Waals surface area (Å²) < 4.78 is 10.3. The second-order valence-corrected chi connectivity index (χ2v) is 7.29. The van der Waals surface area contributed by atoms with E-state index in [1.165, 1.54) is 0 Å². The fourth-order valence-electron chi connectivity index (χ4n) is 2.16. The van der Waals surface area contributed by atoms with Gasteiger partial charge in [0, 0.05) is 18.3 Å². The number of unbranched alkanes of at least 4 members (excludes halogenated alkanes) is 1. The number of hydrogen-bond acceptors (Lipinski definition) is 5. The van der Waals surface area contributed by atoms with Gasteiger partial charge in [-0.2, -0.15) is 0 Å². The monoisotopic (exact) mass is 365 g/mol. The van der Waals surface area contributed by atoms with Crippen LogP contribution in [0.15, 0.2) is 24.3 Å². The minimum Gasteiger partial charge on any atom is -0.445 e.